The van der Waals surface area contributed by atoms with Gasteiger partial charge in [0.25, 0.3) is 0 Å². The van der Waals surface area contributed by atoms with E-state index in [1.54, 1.807) is 18.5 Å². The summed E-state index contributed by atoms with van der Waals surface area (Å²) in [5, 5.41) is 9.81. The molecule has 0 aromatic heterocycles. The van der Waals surface area contributed by atoms with Crippen LogP contribution < -0.4 is 26.8 Å². The lowest BCUT2D eigenvalue weighted by atomic mass is 9.34. The van der Waals surface area contributed by atoms with Gasteiger partial charge in [0.05, 0.1) is 23.5 Å². The van der Waals surface area contributed by atoms with Crippen LogP contribution in [0.4, 0.5) is 4.39 Å². The van der Waals surface area contributed by atoms with Crippen LogP contribution in [0.1, 0.15) is 30.9 Å². The third-order valence-corrected chi connectivity index (χ3v) is 8.88. The van der Waals surface area contributed by atoms with Crippen LogP contribution in [0.25, 0.3) is 0 Å². The molecule has 3 aliphatic carbocycles. The van der Waals surface area contributed by atoms with Crippen molar-refractivity contribution in [3.63, 3.8) is 0 Å². The topological polar surface area (TPSA) is 96.1 Å². The number of nitrogens with one attached hydrogen (secondary N) is 5. The normalized spacial score (nSPS) is 32.7. The second-order valence-electron chi connectivity index (χ2n) is 11.3. The van der Waals surface area contributed by atoms with Crippen LogP contribution >= 0.6 is 23.8 Å². The second kappa shape index (κ2) is 9.87. The number of rotatable bonds is 7. The van der Waals surface area contributed by atoms with Gasteiger partial charge in [-0.05, 0) is 56.0 Å². The van der Waals surface area contributed by atoms with Crippen LogP contribution in [-0.4, -0.2) is 73.0 Å². The first-order valence-corrected chi connectivity index (χ1v) is 13.7. The summed E-state index contributed by atoms with van der Waals surface area (Å²) in [6, 6.07) is 3.94. The van der Waals surface area contributed by atoms with E-state index in [1.165, 1.54) is 12.1 Å². The molecule has 9 nitrogen and oxygen atoms in total. The van der Waals surface area contributed by atoms with E-state index in [9.17, 15) is 9.18 Å². The molecule has 2 atom stereocenters. The van der Waals surface area contributed by atoms with Crippen LogP contribution in [0, 0.1) is 16.6 Å². The van der Waals surface area contributed by atoms with E-state index in [0.717, 1.165) is 52.0 Å². The van der Waals surface area contributed by atoms with E-state index < -0.39 is 12.2 Å². The Balaban J connectivity index is 1.05. The minimum Gasteiger partial charge on any atom is -0.358 e. The third-order valence-electron chi connectivity index (χ3n) is 8.32. The minimum absolute atomic E-state index is 0.0697. The maximum atomic E-state index is 14.4. The van der Waals surface area contributed by atoms with Crippen molar-refractivity contribution >= 4 is 41.1 Å². The maximum Gasteiger partial charge on any atom is 0.231 e. The van der Waals surface area contributed by atoms with E-state index >= 15 is 0 Å². The smallest absolute Gasteiger partial charge is 0.231 e. The summed E-state index contributed by atoms with van der Waals surface area (Å²) in [4.78, 5) is 22.9. The summed E-state index contributed by atoms with van der Waals surface area (Å²) < 4.78 is 14.4. The quantitative estimate of drug-likeness (QED) is 0.323. The molecule has 3 heterocycles. The van der Waals surface area contributed by atoms with Crippen LogP contribution in [0.3, 0.4) is 0 Å². The fourth-order valence-electron chi connectivity index (χ4n) is 6.42. The zero-order valence-electron chi connectivity index (χ0n) is 21.2. The van der Waals surface area contributed by atoms with Crippen molar-refractivity contribution in [3.05, 3.63) is 58.3 Å². The number of thiocarbonyl (C=S) groups is 1. The highest BCUT2D eigenvalue weighted by Crippen LogP contribution is 2.73. The number of aliphatic imine (C=N–C) groups is 1. The lowest BCUT2D eigenvalue weighted by Gasteiger charge is -2.70. The minimum atomic E-state index is -0.487. The Kier molecular flexibility index (Phi) is 6.68. The van der Waals surface area contributed by atoms with E-state index in [0.29, 0.717) is 32.5 Å². The molecule has 1 saturated heterocycles. The first-order chi connectivity index (χ1) is 18.2. The molecule has 1 aromatic carbocycles. The second-order valence-corrected chi connectivity index (χ2v) is 12.1. The zero-order valence-corrected chi connectivity index (χ0v) is 22.8. The third kappa shape index (κ3) is 4.93. The van der Waals surface area contributed by atoms with Gasteiger partial charge >= 0.3 is 0 Å². The number of carbonyl (C=O) groups is 1. The van der Waals surface area contributed by atoms with Gasteiger partial charge in [-0.2, -0.15) is 0 Å². The van der Waals surface area contributed by atoms with Crippen molar-refractivity contribution in [1.29, 1.82) is 0 Å². The monoisotopic (exact) mass is 558 g/mol. The van der Waals surface area contributed by atoms with Gasteiger partial charge in [-0.15, -0.1) is 0 Å². The van der Waals surface area contributed by atoms with E-state index in [2.05, 4.69) is 48.6 Å². The van der Waals surface area contributed by atoms with Crippen LogP contribution in [-0.2, 0) is 4.79 Å². The highest BCUT2D eigenvalue weighted by molar-refractivity contribution is 7.80. The average Bonchev–Trinajstić information content (AvgIpc) is 2.85. The number of likely N-dealkylation sites (N-methyl/N-ethyl adjacent to an activating group) is 1. The summed E-state index contributed by atoms with van der Waals surface area (Å²) >= 11 is 11.5. The van der Waals surface area contributed by atoms with Crippen LogP contribution in [0.15, 0.2) is 46.9 Å². The molecule has 0 radical (unpaired) electrons. The SMILES string of the molecule is CN1CCN(CC23CC(C(=O)NC4=CC(NC5=CC(c6cc(Cl)ccc6F)NNC5=S)N=CN4)(C2)C3)CC1. The molecule has 3 saturated carbocycles. The predicted octanol–water partition coefficient (Wildman–Crippen LogP) is 1.76. The number of benzene rings is 1. The molecule has 1 amide bonds. The summed E-state index contributed by atoms with van der Waals surface area (Å²) in [7, 11) is 2.17. The molecule has 2 bridgehead atoms. The summed E-state index contributed by atoms with van der Waals surface area (Å²) in [6.07, 6.45) is 7.57. The largest absolute Gasteiger partial charge is 0.358 e. The molecule has 202 valence electrons. The highest BCUT2D eigenvalue weighted by Gasteiger charge is 2.71. The molecule has 38 heavy (non-hydrogen) atoms. The summed E-state index contributed by atoms with van der Waals surface area (Å²) in [5.41, 5.74) is 6.96. The fourth-order valence-corrected chi connectivity index (χ4v) is 6.79. The van der Waals surface area contributed by atoms with Gasteiger partial charge in [0, 0.05) is 49.4 Å². The molecule has 6 aliphatic rings. The standard InChI is InChI=1S/C26H32ClFN8OS/c1-35-4-6-36(7-5-35)14-25-11-26(12-25,13-25)24(37)32-22-10-21(29-15-30-22)31-20-9-19(33-34-23(20)38)17-8-16(27)2-3-18(17)28/h2-3,8-10,15,19,21,31,33H,4-7,11-14H2,1H3,(H,29,30)(H,32,37)(H,34,38). The van der Waals surface area contributed by atoms with Crippen molar-refractivity contribution in [2.24, 2.45) is 15.8 Å². The van der Waals surface area contributed by atoms with Gasteiger partial charge in [-0.3, -0.25) is 4.79 Å². The Labute approximate surface area is 231 Å². The molecule has 12 heteroatoms. The number of halogens is 2. The van der Waals surface area contributed by atoms with Crippen molar-refractivity contribution in [2.75, 3.05) is 39.8 Å². The van der Waals surface area contributed by atoms with E-state index in [4.69, 9.17) is 23.8 Å². The number of piperazine rings is 1. The molecule has 3 aliphatic heterocycles. The Morgan fingerprint density at radius 3 is 2.76 bits per heavy atom. The number of amides is 1. The van der Waals surface area contributed by atoms with Crippen molar-refractivity contribution in [1.82, 2.24) is 36.6 Å². The number of hydrogen-bond donors (Lipinski definition) is 5. The fraction of sp³-hybridized carbons (Fsp3) is 0.500. The first-order valence-electron chi connectivity index (χ1n) is 12.9. The predicted molar refractivity (Wildman–Crippen MR) is 149 cm³/mol. The van der Waals surface area contributed by atoms with Gasteiger partial charge in [-0.25, -0.2) is 14.8 Å². The number of hydrazine groups is 1. The summed E-state index contributed by atoms with van der Waals surface area (Å²) in [6.45, 7) is 5.56. The van der Waals surface area contributed by atoms with Gasteiger partial charge in [0.2, 0.25) is 5.91 Å². The Morgan fingerprint density at radius 2 is 2.00 bits per heavy atom. The van der Waals surface area contributed by atoms with Crippen molar-refractivity contribution in [2.45, 2.75) is 31.5 Å². The molecule has 4 fully saturated rings. The molecule has 2 unspecified atom stereocenters. The zero-order chi connectivity index (χ0) is 26.5. The van der Waals surface area contributed by atoms with Crippen molar-refractivity contribution in [3.8, 4) is 0 Å². The number of hydrogen-bond acceptors (Lipinski definition) is 8. The highest BCUT2D eigenvalue weighted by atomic mass is 35.5. The lowest BCUT2D eigenvalue weighted by molar-refractivity contribution is -0.214. The maximum absolute atomic E-state index is 14.4. The van der Waals surface area contributed by atoms with Gasteiger partial charge in [0.1, 0.15) is 22.8 Å². The van der Waals surface area contributed by atoms with Crippen molar-refractivity contribution < 1.29 is 9.18 Å². The molecule has 1 aromatic rings. The lowest BCUT2D eigenvalue weighted by Crippen LogP contribution is -2.71. The summed E-state index contributed by atoms with van der Waals surface area (Å²) in [5.74, 6) is 0.285. The van der Waals surface area contributed by atoms with Gasteiger partial charge in [0.15, 0.2) is 0 Å². The van der Waals surface area contributed by atoms with Crippen LogP contribution in [0.2, 0.25) is 5.02 Å². The average molecular weight is 559 g/mol. The molecule has 0 spiro atoms. The Morgan fingerprint density at radius 1 is 1.24 bits per heavy atom. The Hall–Kier alpha value is -2.57. The van der Waals surface area contributed by atoms with E-state index in [1.807, 2.05) is 6.08 Å². The molecule has 7 rings (SSSR count). The number of carbonyl (C=O) groups excluding carboxylic acids is 1. The molecule has 5 N–H and O–H groups in total. The van der Waals surface area contributed by atoms with Crippen LogP contribution in [0.5, 0.6) is 0 Å². The van der Waals surface area contributed by atoms with Gasteiger partial charge in [-0.1, -0.05) is 23.8 Å². The Bertz CT molecular complexity index is 1220. The van der Waals surface area contributed by atoms with E-state index in [-0.39, 0.29) is 17.1 Å². The molecular formula is C26H32ClFN8OS. The number of nitrogens with zero attached hydrogens (tertiary/aromatic N) is 3. The first kappa shape index (κ1) is 25.7. The van der Waals surface area contributed by atoms with Gasteiger partial charge < -0.3 is 31.2 Å². The molecular weight excluding hydrogens is 527 g/mol.